The lowest BCUT2D eigenvalue weighted by atomic mass is 9.82. The molecule has 1 aromatic rings. The van der Waals surface area contributed by atoms with Gasteiger partial charge in [-0.05, 0) is 17.4 Å². The molecule has 0 spiro atoms. The molecule has 1 aliphatic heterocycles. The summed E-state index contributed by atoms with van der Waals surface area (Å²) in [5, 5.41) is 9.85. The SMILES string of the molecule is CC1(C)CC(O)CN(Cc2ccccc2)C1. The topological polar surface area (TPSA) is 23.5 Å². The largest absolute Gasteiger partial charge is 0.392 e. The number of nitrogens with zero attached hydrogens (tertiary/aromatic N) is 1. The molecule has 2 nitrogen and oxygen atoms in total. The molecule has 16 heavy (non-hydrogen) atoms. The van der Waals surface area contributed by atoms with E-state index >= 15 is 0 Å². The minimum absolute atomic E-state index is 0.174. The molecule has 0 saturated carbocycles. The Kier molecular flexibility index (Phi) is 3.31. The van der Waals surface area contributed by atoms with Crippen LogP contribution in [0.15, 0.2) is 30.3 Å². The van der Waals surface area contributed by atoms with E-state index in [9.17, 15) is 5.11 Å². The zero-order valence-electron chi connectivity index (χ0n) is 10.2. The Morgan fingerprint density at radius 2 is 2.00 bits per heavy atom. The van der Waals surface area contributed by atoms with Crippen molar-refractivity contribution >= 4 is 0 Å². The van der Waals surface area contributed by atoms with E-state index in [0.717, 1.165) is 26.1 Å². The standard InChI is InChI=1S/C14H21NO/c1-14(2)8-13(16)10-15(11-14)9-12-6-4-3-5-7-12/h3-7,13,16H,8-11H2,1-2H3. The van der Waals surface area contributed by atoms with E-state index in [0.29, 0.717) is 0 Å². The monoisotopic (exact) mass is 219 g/mol. The molecule has 0 bridgehead atoms. The number of benzene rings is 1. The first-order chi connectivity index (χ1) is 7.55. The summed E-state index contributed by atoms with van der Waals surface area (Å²) in [7, 11) is 0. The summed E-state index contributed by atoms with van der Waals surface area (Å²) in [6.45, 7) is 7.28. The van der Waals surface area contributed by atoms with Crippen LogP contribution in [0.2, 0.25) is 0 Å². The highest BCUT2D eigenvalue weighted by Gasteiger charge is 2.31. The van der Waals surface area contributed by atoms with Crippen LogP contribution in [0.4, 0.5) is 0 Å². The van der Waals surface area contributed by atoms with Gasteiger partial charge in [0.05, 0.1) is 6.10 Å². The van der Waals surface area contributed by atoms with Crippen LogP contribution in [0.25, 0.3) is 0 Å². The molecule has 88 valence electrons. The van der Waals surface area contributed by atoms with Gasteiger partial charge in [0.25, 0.3) is 0 Å². The van der Waals surface area contributed by atoms with Gasteiger partial charge in [0, 0.05) is 19.6 Å². The van der Waals surface area contributed by atoms with Crippen LogP contribution in [0.1, 0.15) is 25.8 Å². The van der Waals surface area contributed by atoms with Crippen molar-refractivity contribution in [3.8, 4) is 0 Å². The summed E-state index contributed by atoms with van der Waals surface area (Å²) in [6, 6.07) is 10.5. The van der Waals surface area contributed by atoms with Crippen LogP contribution in [0, 0.1) is 5.41 Å². The second kappa shape index (κ2) is 4.56. The predicted molar refractivity (Wildman–Crippen MR) is 66.1 cm³/mol. The maximum absolute atomic E-state index is 9.85. The van der Waals surface area contributed by atoms with Crippen molar-refractivity contribution in [2.24, 2.45) is 5.41 Å². The Balaban J connectivity index is 2.00. The Bertz CT molecular complexity index is 334. The molecule has 1 saturated heterocycles. The Hall–Kier alpha value is -0.860. The quantitative estimate of drug-likeness (QED) is 0.825. The molecule has 1 atom stereocenters. The molecule has 1 aromatic carbocycles. The minimum atomic E-state index is -0.174. The van der Waals surface area contributed by atoms with Crippen molar-refractivity contribution in [1.29, 1.82) is 0 Å². The third-order valence-corrected chi connectivity index (χ3v) is 3.16. The van der Waals surface area contributed by atoms with Crippen molar-refractivity contribution in [1.82, 2.24) is 4.90 Å². The van der Waals surface area contributed by atoms with E-state index in [4.69, 9.17) is 0 Å². The minimum Gasteiger partial charge on any atom is -0.392 e. The van der Waals surface area contributed by atoms with Gasteiger partial charge in [0.2, 0.25) is 0 Å². The lowest BCUT2D eigenvalue weighted by Crippen LogP contribution is -2.46. The van der Waals surface area contributed by atoms with Gasteiger partial charge in [0.15, 0.2) is 0 Å². The summed E-state index contributed by atoms with van der Waals surface area (Å²) in [4.78, 5) is 2.35. The van der Waals surface area contributed by atoms with E-state index in [1.54, 1.807) is 0 Å². The third kappa shape index (κ3) is 3.06. The summed E-state index contributed by atoms with van der Waals surface area (Å²) in [6.07, 6.45) is 0.741. The summed E-state index contributed by atoms with van der Waals surface area (Å²) < 4.78 is 0. The lowest BCUT2D eigenvalue weighted by Gasteiger charge is -2.40. The van der Waals surface area contributed by atoms with E-state index in [2.05, 4.69) is 43.0 Å². The Morgan fingerprint density at radius 1 is 1.31 bits per heavy atom. The van der Waals surface area contributed by atoms with Crippen molar-refractivity contribution in [3.05, 3.63) is 35.9 Å². The fraction of sp³-hybridized carbons (Fsp3) is 0.571. The summed E-state index contributed by atoms with van der Waals surface area (Å²) in [5.74, 6) is 0. The smallest absolute Gasteiger partial charge is 0.0672 e. The Morgan fingerprint density at radius 3 is 2.62 bits per heavy atom. The maximum atomic E-state index is 9.85. The number of rotatable bonds is 2. The number of aliphatic hydroxyl groups excluding tert-OH is 1. The van der Waals surface area contributed by atoms with Crippen molar-refractivity contribution in [2.45, 2.75) is 32.9 Å². The highest BCUT2D eigenvalue weighted by atomic mass is 16.3. The molecule has 0 radical (unpaired) electrons. The second-order valence-corrected chi connectivity index (χ2v) is 5.68. The van der Waals surface area contributed by atoms with Crippen LogP contribution in [0.3, 0.4) is 0 Å². The van der Waals surface area contributed by atoms with Gasteiger partial charge >= 0.3 is 0 Å². The average molecular weight is 219 g/mol. The molecule has 2 rings (SSSR count). The molecular formula is C14H21NO. The van der Waals surface area contributed by atoms with Crippen LogP contribution in [-0.2, 0) is 6.54 Å². The van der Waals surface area contributed by atoms with Gasteiger partial charge in [-0.3, -0.25) is 4.90 Å². The molecule has 0 amide bonds. The zero-order chi connectivity index (χ0) is 11.6. The molecule has 0 aromatic heterocycles. The first kappa shape index (κ1) is 11.6. The molecule has 1 aliphatic rings. The van der Waals surface area contributed by atoms with Crippen molar-refractivity contribution in [3.63, 3.8) is 0 Å². The van der Waals surface area contributed by atoms with Crippen LogP contribution in [-0.4, -0.2) is 29.2 Å². The number of hydrogen-bond acceptors (Lipinski definition) is 2. The number of piperidine rings is 1. The maximum Gasteiger partial charge on any atom is 0.0672 e. The molecule has 2 heteroatoms. The molecule has 1 heterocycles. The van der Waals surface area contributed by atoms with Crippen LogP contribution >= 0.6 is 0 Å². The first-order valence-corrected chi connectivity index (χ1v) is 5.99. The molecular weight excluding hydrogens is 198 g/mol. The van der Waals surface area contributed by atoms with E-state index in [1.165, 1.54) is 5.56 Å². The van der Waals surface area contributed by atoms with Gasteiger partial charge in [0.1, 0.15) is 0 Å². The van der Waals surface area contributed by atoms with E-state index in [-0.39, 0.29) is 11.5 Å². The molecule has 0 aliphatic carbocycles. The number of hydrogen-bond donors (Lipinski definition) is 1. The van der Waals surface area contributed by atoms with Crippen molar-refractivity contribution in [2.75, 3.05) is 13.1 Å². The summed E-state index contributed by atoms with van der Waals surface area (Å²) in [5.41, 5.74) is 1.55. The molecule has 1 fully saturated rings. The fourth-order valence-electron chi connectivity index (χ4n) is 2.70. The number of aliphatic hydroxyl groups is 1. The second-order valence-electron chi connectivity index (χ2n) is 5.68. The predicted octanol–water partition coefficient (Wildman–Crippen LogP) is 2.28. The third-order valence-electron chi connectivity index (χ3n) is 3.16. The van der Waals surface area contributed by atoms with Crippen LogP contribution in [0.5, 0.6) is 0 Å². The van der Waals surface area contributed by atoms with Crippen LogP contribution < -0.4 is 0 Å². The van der Waals surface area contributed by atoms with Crippen molar-refractivity contribution < 1.29 is 5.11 Å². The lowest BCUT2D eigenvalue weighted by molar-refractivity contribution is 0.00274. The zero-order valence-corrected chi connectivity index (χ0v) is 10.2. The molecule has 1 unspecified atom stereocenters. The Labute approximate surface area is 97.9 Å². The normalized spacial score (nSPS) is 25.6. The number of β-amino-alcohol motifs (C(OH)–C–C–N with tert-alkyl or cyclic N) is 1. The van der Waals surface area contributed by atoms with E-state index < -0.39 is 0 Å². The first-order valence-electron chi connectivity index (χ1n) is 5.99. The van der Waals surface area contributed by atoms with Gasteiger partial charge < -0.3 is 5.11 Å². The fourth-order valence-corrected chi connectivity index (χ4v) is 2.70. The van der Waals surface area contributed by atoms with Gasteiger partial charge in [-0.2, -0.15) is 0 Å². The highest BCUT2D eigenvalue weighted by molar-refractivity contribution is 5.14. The molecule has 1 N–H and O–H groups in total. The van der Waals surface area contributed by atoms with Gasteiger partial charge in [-0.15, -0.1) is 0 Å². The van der Waals surface area contributed by atoms with Gasteiger partial charge in [-0.25, -0.2) is 0 Å². The van der Waals surface area contributed by atoms with Gasteiger partial charge in [-0.1, -0.05) is 44.2 Å². The van der Waals surface area contributed by atoms with E-state index in [1.807, 2.05) is 6.07 Å². The summed E-state index contributed by atoms with van der Waals surface area (Å²) >= 11 is 0. The average Bonchev–Trinajstić information content (AvgIpc) is 2.15. The highest BCUT2D eigenvalue weighted by Crippen LogP contribution is 2.29. The number of likely N-dealkylation sites (tertiary alicyclic amines) is 1.